The molecular formula is C15H19BrN2O2. The van der Waals surface area contributed by atoms with E-state index in [9.17, 15) is 9.59 Å². The molecule has 0 unspecified atom stereocenters. The van der Waals surface area contributed by atoms with Crippen molar-refractivity contribution in [2.75, 3.05) is 6.54 Å². The normalized spacial score (nSPS) is 13.9. The molecule has 5 heteroatoms. The van der Waals surface area contributed by atoms with E-state index in [0.29, 0.717) is 31.0 Å². The van der Waals surface area contributed by atoms with Crippen LogP contribution in [0.4, 0.5) is 0 Å². The zero-order valence-electron chi connectivity index (χ0n) is 11.5. The first-order valence-corrected chi connectivity index (χ1v) is 7.69. The summed E-state index contributed by atoms with van der Waals surface area (Å²) in [6.45, 7) is 2.47. The van der Waals surface area contributed by atoms with Gasteiger partial charge in [-0.3, -0.25) is 9.59 Å². The summed E-state index contributed by atoms with van der Waals surface area (Å²) in [6, 6.07) is 5.90. The van der Waals surface area contributed by atoms with E-state index in [1.807, 2.05) is 19.1 Å². The van der Waals surface area contributed by atoms with E-state index in [4.69, 9.17) is 0 Å². The van der Waals surface area contributed by atoms with E-state index in [0.717, 1.165) is 22.9 Å². The van der Waals surface area contributed by atoms with E-state index < -0.39 is 0 Å². The molecule has 4 nitrogen and oxygen atoms in total. The third-order valence-electron chi connectivity index (χ3n) is 3.23. The zero-order chi connectivity index (χ0) is 14.5. The Labute approximate surface area is 127 Å². The van der Waals surface area contributed by atoms with Crippen LogP contribution < -0.4 is 10.6 Å². The molecule has 108 valence electrons. The number of benzene rings is 1. The van der Waals surface area contributed by atoms with Crippen molar-refractivity contribution < 1.29 is 9.59 Å². The van der Waals surface area contributed by atoms with Gasteiger partial charge in [-0.15, -0.1) is 0 Å². The maximum absolute atomic E-state index is 11.9. The Morgan fingerprint density at radius 3 is 2.75 bits per heavy atom. The molecule has 2 rings (SSSR count). The minimum atomic E-state index is -0.0943. The molecular weight excluding hydrogens is 320 g/mol. The van der Waals surface area contributed by atoms with Crippen molar-refractivity contribution in [1.82, 2.24) is 10.6 Å². The van der Waals surface area contributed by atoms with Gasteiger partial charge in [-0.2, -0.15) is 0 Å². The number of rotatable bonds is 6. The van der Waals surface area contributed by atoms with Gasteiger partial charge in [0.05, 0.1) is 0 Å². The van der Waals surface area contributed by atoms with Gasteiger partial charge < -0.3 is 10.6 Å². The molecule has 1 fully saturated rings. The van der Waals surface area contributed by atoms with Gasteiger partial charge in [0.25, 0.3) is 5.91 Å². The van der Waals surface area contributed by atoms with Crippen molar-refractivity contribution in [3.8, 4) is 0 Å². The number of aryl methyl sites for hydroxylation is 1. The molecule has 2 N–H and O–H groups in total. The highest BCUT2D eigenvalue weighted by molar-refractivity contribution is 9.10. The van der Waals surface area contributed by atoms with Crippen molar-refractivity contribution in [2.24, 2.45) is 0 Å². The minimum absolute atomic E-state index is 0.0845. The van der Waals surface area contributed by atoms with Crippen LogP contribution in [-0.4, -0.2) is 24.4 Å². The smallest absolute Gasteiger partial charge is 0.251 e. The fourth-order valence-electron chi connectivity index (χ4n) is 1.87. The summed E-state index contributed by atoms with van der Waals surface area (Å²) >= 11 is 3.41. The average molecular weight is 339 g/mol. The van der Waals surface area contributed by atoms with Crippen LogP contribution in [0.15, 0.2) is 22.7 Å². The molecule has 0 bridgehead atoms. The molecule has 0 heterocycles. The Morgan fingerprint density at radius 1 is 1.35 bits per heavy atom. The van der Waals surface area contributed by atoms with Crippen molar-refractivity contribution >= 4 is 27.7 Å². The van der Waals surface area contributed by atoms with Gasteiger partial charge in [-0.25, -0.2) is 0 Å². The summed E-state index contributed by atoms with van der Waals surface area (Å²) in [7, 11) is 0. The van der Waals surface area contributed by atoms with Crippen molar-refractivity contribution in [3.63, 3.8) is 0 Å². The van der Waals surface area contributed by atoms with E-state index in [-0.39, 0.29) is 11.8 Å². The van der Waals surface area contributed by atoms with Gasteiger partial charge in [0, 0.05) is 29.0 Å². The quantitative estimate of drug-likeness (QED) is 0.783. The van der Waals surface area contributed by atoms with E-state index in [1.165, 1.54) is 0 Å². The topological polar surface area (TPSA) is 58.2 Å². The first-order valence-electron chi connectivity index (χ1n) is 6.90. The predicted molar refractivity (Wildman–Crippen MR) is 81.6 cm³/mol. The molecule has 1 aromatic rings. The molecule has 2 amide bonds. The third-order valence-corrected chi connectivity index (χ3v) is 4.12. The number of nitrogens with one attached hydrogen (secondary N) is 2. The van der Waals surface area contributed by atoms with Gasteiger partial charge in [0.2, 0.25) is 5.91 Å². The number of carbonyl (C=O) groups is 2. The molecule has 0 saturated heterocycles. The highest BCUT2D eigenvalue weighted by Crippen LogP contribution is 2.18. The molecule has 1 aliphatic rings. The summed E-state index contributed by atoms with van der Waals surface area (Å²) in [5, 5.41) is 5.77. The van der Waals surface area contributed by atoms with Crippen LogP contribution in [0.25, 0.3) is 0 Å². The Kier molecular flexibility index (Phi) is 5.17. The van der Waals surface area contributed by atoms with E-state index in [2.05, 4.69) is 26.6 Å². The van der Waals surface area contributed by atoms with Crippen molar-refractivity contribution in [3.05, 3.63) is 33.8 Å². The fraction of sp³-hybridized carbons (Fsp3) is 0.467. The van der Waals surface area contributed by atoms with Gasteiger partial charge >= 0.3 is 0 Å². The lowest BCUT2D eigenvalue weighted by Crippen LogP contribution is -2.28. The lowest BCUT2D eigenvalue weighted by Gasteiger charge is -2.07. The molecule has 1 saturated carbocycles. The van der Waals surface area contributed by atoms with E-state index >= 15 is 0 Å². The van der Waals surface area contributed by atoms with Crippen LogP contribution >= 0.6 is 15.9 Å². The van der Waals surface area contributed by atoms with Crippen molar-refractivity contribution in [2.45, 2.75) is 38.6 Å². The molecule has 1 aromatic carbocycles. The average Bonchev–Trinajstić information content (AvgIpc) is 3.21. The standard InChI is InChI=1S/C15H19BrN2O2/c1-10-9-11(4-7-13(10)16)15(20)17-8-2-3-14(19)18-12-5-6-12/h4,7,9,12H,2-3,5-6,8H2,1H3,(H,17,20)(H,18,19). The summed E-state index contributed by atoms with van der Waals surface area (Å²) in [4.78, 5) is 23.4. The lowest BCUT2D eigenvalue weighted by atomic mass is 10.1. The van der Waals surface area contributed by atoms with Gasteiger partial charge in [-0.05, 0) is 49.9 Å². The number of hydrogen-bond acceptors (Lipinski definition) is 2. The number of halogens is 1. The molecule has 0 spiro atoms. The van der Waals surface area contributed by atoms with Crippen LogP contribution in [0, 0.1) is 6.92 Å². The van der Waals surface area contributed by atoms with Gasteiger partial charge in [0.1, 0.15) is 0 Å². The molecule has 1 aliphatic carbocycles. The fourth-order valence-corrected chi connectivity index (χ4v) is 2.11. The minimum Gasteiger partial charge on any atom is -0.353 e. The zero-order valence-corrected chi connectivity index (χ0v) is 13.1. The van der Waals surface area contributed by atoms with Gasteiger partial charge in [-0.1, -0.05) is 15.9 Å². The first kappa shape index (κ1) is 15.0. The maximum atomic E-state index is 11.9. The van der Waals surface area contributed by atoms with Crippen LogP contribution in [0.3, 0.4) is 0 Å². The highest BCUT2D eigenvalue weighted by Gasteiger charge is 2.22. The summed E-state index contributed by atoms with van der Waals surface area (Å²) in [6.07, 6.45) is 3.34. The summed E-state index contributed by atoms with van der Waals surface area (Å²) in [5.74, 6) is -0.00978. The maximum Gasteiger partial charge on any atom is 0.251 e. The third kappa shape index (κ3) is 4.63. The molecule has 0 aromatic heterocycles. The van der Waals surface area contributed by atoms with Crippen LogP contribution in [0.5, 0.6) is 0 Å². The van der Waals surface area contributed by atoms with Gasteiger partial charge in [0.15, 0.2) is 0 Å². The summed E-state index contributed by atoms with van der Waals surface area (Å²) < 4.78 is 0.991. The monoisotopic (exact) mass is 338 g/mol. The number of amides is 2. The van der Waals surface area contributed by atoms with E-state index in [1.54, 1.807) is 6.07 Å². The highest BCUT2D eigenvalue weighted by atomic mass is 79.9. The molecule has 20 heavy (non-hydrogen) atoms. The second-order valence-electron chi connectivity index (χ2n) is 5.17. The van der Waals surface area contributed by atoms with Crippen LogP contribution in [0.2, 0.25) is 0 Å². The number of carbonyl (C=O) groups excluding carboxylic acids is 2. The van der Waals surface area contributed by atoms with Crippen LogP contribution in [-0.2, 0) is 4.79 Å². The Bertz CT molecular complexity index is 513. The number of hydrogen-bond donors (Lipinski definition) is 2. The second kappa shape index (κ2) is 6.88. The van der Waals surface area contributed by atoms with Crippen LogP contribution in [0.1, 0.15) is 41.6 Å². The first-order chi connectivity index (χ1) is 9.56. The SMILES string of the molecule is Cc1cc(C(=O)NCCCC(=O)NC2CC2)ccc1Br. The summed E-state index contributed by atoms with van der Waals surface area (Å²) in [5.41, 5.74) is 1.68. The Morgan fingerprint density at radius 2 is 2.10 bits per heavy atom. The lowest BCUT2D eigenvalue weighted by molar-refractivity contribution is -0.121. The molecule has 0 aliphatic heterocycles. The Balaban J connectivity index is 1.68. The molecule has 0 atom stereocenters. The molecule has 0 radical (unpaired) electrons. The Hall–Kier alpha value is -1.36. The predicted octanol–water partition coefficient (Wildman–Crippen LogP) is 2.55. The van der Waals surface area contributed by atoms with Crippen molar-refractivity contribution in [1.29, 1.82) is 0 Å². The largest absolute Gasteiger partial charge is 0.353 e. The second-order valence-corrected chi connectivity index (χ2v) is 6.02.